The normalized spacial score (nSPS) is 12.7. The predicted molar refractivity (Wildman–Crippen MR) is 72.9 cm³/mol. The van der Waals surface area contributed by atoms with Gasteiger partial charge in [-0.05, 0) is 24.1 Å². The van der Waals surface area contributed by atoms with Gasteiger partial charge < -0.3 is 5.11 Å². The van der Waals surface area contributed by atoms with Crippen LogP contribution in [0.1, 0.15) is 18.4 Å². The van der Waals surface area contributed by atoms with E-state index in [1.54, 1.807) is 0 Å². The molecule has 0 saturated carbocycles. The highest BCUT2D eigenvalue weighted by Crippen LogP contribution is 2.28. The molecule has 1 aromatic rings. The zero-order valence-electron chi connectivity index (χ0n) is 10.5. The number of aliphatic hydroxyl groups excluding tert-OH is 1. The summed E-state index contributed by atoms with van der Waals surface area (Å²) in [5, 5.41) is 8.95. The van der Waals surface area contributed by atoms with Crippen molar-refractivity contribution in [2.24, 2.45) is 0 Å². The highest BCUT2D eigenvalue weighted by Gasteiger charge is 2.27. The van der Waals surface area contributed by atoms with E-state index < -0.39 is 29.2 Å². The lowest BCUT2D eigenvalue weighted by atomic mass is 10.2. The van der Waals surface area contributed by atoms with Crippen LogP contribution < -0.4 is 4.72 Å². The van der Waals surface area contributed by atoms with E-state index in [-0.39, 0.29) is 33.5 Å². The van der Waals surface area contributed by atoms with Gasteiger partial charge in [-0.1, -0.05) is 23.2 Å². The average molecular weight is 366 g/mol. The van der Waals surface area contributed by atoms with Crippen LogP contribution in [0.25, 0.3) is 0 Å². The molecule has 120 valence electrons. The summed E-state index contributed by atoms with van der Waals surface area (Å²) in [5.74, 6) is 0. The van der Waals surface area contributed by atoms with Gasteiger partial charge in [-0.3, -0.25) is 0 Å². The summed E-state index contributed by atoms with van der Waals surface area (Å²) in [7, 11) is -4.08. The average Bonchev–Trinajstić information content (AvgIpc) is 2.33. The van der Waals surface area contributed by atoms with Gasteiger partial charge in [0.25, 0.3) is 0 Å². The second-order valence-electron chi connectivity index (χ2n) is 4.15. The number of hydrogen-bond donors (Lipinski definition) is 2. The molecule has 0 unspecified atom stereocenters. The van der Waals surface area contributed by atoms with Crippen LogP contribution in [0.3, 0.4) is 0 Å². The molecule has 1 rings (SSSR count). The molecule has 0 fully saturated rings. The van der Waals surface area contributed by atoms with Crippen LogP contribution in [0.2, 0.25) is 10.0 Å². The maximum atomic E-state index is 12.0. The first-order valence-corrected chi connectivity index (χ1v) is 7.96. The van der Waals surface area contributed by atoms with Gasteiger partial charge in [0, 0.05) is 18.0 Å². The van der Waals surface area contributed by atoms with Crippen molar-refractivity contribution in [3.05, 3.63) is 27.7 Å². The quantitative estimate of drug-likeness (QED) is 0.761. The molecule has 10 heteroatoms. The van der Waals surface area contributed by atoms with Crippen molar-refractivity contribution in [2.45, 2.75) is 30.5 Å². The summed E-state index contributed by atoms with van der Waals surface area (Å²) in [6.07, 6.45) is -5.82. The number of rotatable bonds is 6. The Bertz CT molecular complexity index is 605. The molecule has 0 amide bonds. The monoisotopic (exact) mass is 365 g/mol. The zero-order valence-corrected chi connectivity index (χ0v) is 12.9. The first-order chi connectivity index (χ1) is 9.57. The Morgan fingerprint density at radius 1 is 1.19 bits per heavy atom. The summed E-state index contributed by atoms with van der Waals surface area (Å²) in [6, 6.07) is 2.23. The summed E-state index contributed by atoms with van der Waals surface area (Å²) in [5.41, 5.74) is 0.150. The fraction of sp³-hybridized carbons (Fsp3) is 0.455. The lowest BCUT2D eigenvalue weighted by Gasteiger charge is -2.11. The van der Waals surface area contributed by atoms with Gasteiger partial charge in [0.2, 0.25) is 10.0 Å². The van der Waals surface area contributed by atoms with Crippen LogP contribution in [0.4, 0.5) is 13.2 Å². The first-order valence-electron chi connectivity index (χ1n) is 5.72. The molecular weight excluding hydrogens is 354 g/mol. The molecular formula is C11H12Cl2F3NO3S. The largest absolute Gasteiger partial charge is 0.392 e. The molecule has 0 radical (unpaired) electrons. The second-order valence-corrected chi connectivity index (χ2v) is 6.70. The van der Waals surface area contributed by atoms with Crippen LogP contribution >= 0.6 is 23.2 Å². The van der Waals surface area contributed by atoms with Crippen molar-refractivity contribution >= 4 is 33.2 Å². The number of aliphatic hydroxyl groups is 1. The lowest BCUT2D eigenvalue weighted by Crippen LogP contribution is -2.26. The van der Waals surface area contributed by atoms with Gasteiger partial charge >= 0.3 is 6.18 Å². The van der Waals surface area contributed by atoms with Gasteiger partial charge in [0.1, 0.15) is 4.90 Å². The number of alkyl halides is 3. The Balaban J connectivity index is 2.84. The van der Waals surface area contributed by atoms with Gasteiger partial charge in [-0.15, -0.1) is 0 Å². The van der Waals surface area contributed by atoms with Crippen LogP contribution in [0.5, 0.6) is 0 Å². The Kier molecular flexibility index (Phi) is 6.30. The molecule has 0 saturated heterocycles. The van der Waals surface area contributed by atoms with Crippen LogP contribution in [-0.4, -0.2) is 26.2 Å². The molecule has 0 aliphatic rings. The molecule has 21 heavy (non-hydrogen) atoms. The Hall–Kier alpha value is -0.540. The summed E-state index contributed by atoms with van der Waals surface area (Å²) < 4.78 is 61.8. The van der Waals surface area contributed by atoms with Crippen LogP contribution in [-0.2, 0) is 16.6 Å². The topological polar surface area (TPSA) is 66.4 Å². The van der Waals surface area contributed by atoms with E-state index in [1.165, 1.54) is 0 Å². The maximum absolute atomic E-state index is 12.0. The molecule has 0 aliphatic heterocycles. The predicted octanol–water partition coefficient (Wildman–Crippen LogP) is 3.11. The molecule has 0 spiro atoms. The Labute approximate surface area is 129 Å². The molecule has 0 heterocycles. The minimum Gasteiger partial charge on any atom is -0.392 e. The van der Waals surface area contributed by atoms with E-state index in [2.05, 4.69) is 0 Å². The zero-order chi connectivity index (χ0) is 16.3. The number of nitrogens with one attached hydrogen (secondary N) is 1. The smallest absolute Gasteiger partial charge is 0.389 e. The van der Waals surface area contributed by atoms with E-state index in [0.717, 1.165) is 12.1 Å². The SMILES string of the molecule is O=S(=O)(NCCCC(F)(F)F)c1cc(CO)c(Cl)cc1Cl. The van der Waals surface area contributed by atoms with Crippen molar-refractivity contribution in [1.82, 2.24) is 4.72 Å². The van der Waals surface area contributed by atoms with Gasteiger partial charge in [-0.25, -0.2) is 13.1 Å². The molecule has 0 aliphatic carbocycles. The Morgan fingerprint density at radius 2 is 1.81 bits per heavy atom. The highest BCUT2D eigenvalue weighted by molar-refractivity contribution is 7.89. The minimum atomic E-state index is -4.34. The van der Waals surface area contributed by atoms with Crippen molar-refractivity contribution in [3.8, 4) is 0 Å². The minimum absolute atomic E-state index is 0.0959. The van der Waals surface area contributed by atoms with E-state index in [1.807, 2.05) is 4.72 Å². The van der Waals surface area contributed by atoms with Crippen LogP contribution in [0, 0.1) is 0 Å². The third-order valence-electron chi connectivity index (χ3n) is 2.49. The molecule has 0 bridgehead atoms. The fourth-order valence-corrected chi connectivity index (χ4v) is 3.40. The maximum Gasteiger partial charge on any atom is 0.389 e. The summed E-state index contributed by atoms with van der Waals surface area (Å²) >= 11 is 11.5. The number of benzene rings is 1. The first kappa shape index (κ1) is 18.5. The molecule has 0 aromatic heterocycles. The standard InChI is InChI=1S/C11H12Cl2F3NO3S/c12-8-5-9(13)10(4-7(8)6-18)21(19,20)17-3-1-2-11(14,15)16/h4-5,17-18H,1-3,6H2. The van der Waals surface area contributed by atoms with Crippen LogP contribution in [0.15, 0.2) is 17.0 Å². The Morgan fingerprint density at radius 3 is 2.33 bits per heavy atom. The van der Waals surface area contributed by atoms with Gasteiger partial charge in [0.05, 0.1) is 11.6 Å². The fourth-order valence-electron chi connectivity index (χ4n) is 1.47. The third kappa shape index (κ3) is 5.63. The summed E-state index contributed by atoms with van der Waals surface area (Å²) in [4.78, 5) is -0.343. The molecule has 4 nitrogen and oxygen atoms in total. The number of sulfonamides is 1. The van der Waals surface area contributed by atoms with Gasteiger partial charge in [-0.2, -0.15) is 13.2 Å². The van der Waals surface area contributed by atoms with Gasteiger partial charge in [0.15, 0.2) is 0 Å². The highest BCUT2D eigenvalue weighted by atomic mass is 35.5. The van der Waals surface area contributed by atoms with Crippen molar-refractivity contribution in [2.75, 3.05) is 6.54 Å². The van der Waals surface area contributed by atoms with E-state index in [4.69, 9.17) is 28.3 Å². The van der Waals surface area contributed by atoms with Crippen molar-refractivity contribution < 1.29 is 26.7 Å². The summed E-state index contributed by atoms with van der Waals surface area (Å²) in [6.45, 7) is -0.873. The third-order valence-corrected chi connectivity index (χ3v) is 4.77. The lowest BCUT2D eigenvalue weighted by molar-refractivity contribution is -0.135. The number of hydrogen-bond acceptors (Lipinski definition) is 3. The molecule has 1 aromatic carbocycles. The van der Waals surface area contributed by atoms with Crippen molar-refractivity contribution in [3.63, 3.8) is 0 Å². The van der Waals surface area contributed by atoms with E-state index in [9.17, 15) is 21.6 Å². The number of halogens is 5. The van der Waals surface area contributed by atoms with Crippen molar-refractivity contribution in [1.29, 1.82) is 0 Å². The second kappa shape index (κ2) is 7.15. The van der Waals surface area contributed by atoms with E-state index >= 15 is 0 Å². The molecule has 2 N–H and O–H groups in total. The molecule has 0 atom stereocenters. The van der Waals surface area contributed by atoms with E-state index in [0.29, 0.717) is 0 Å².